The van der Waals surface area contributed by atoms with E-state index < -0.39 is 0 Å². The molecular weight excluding hydrogens is 240 g/mol. The van der Waals surface area contributed by atoms with Crippen molar-refractivity contribution in [3.8, 4) is 0 Å². The summed E-state index contributed by atoms with van der Waals surface area (Å²) in [5.41, 5.74) is 4.17. The van der Waals surface area contributed by atoms with Crippen LogP contribution in [0.25, 0.3) is 0 Å². The van der Waals surface area contributed by atoms with E-state index >= 15 is 0 Å². The minimum atomic E-state index is 0.614. The molecule has 0 aliphatic heterocycles. The second kappa shape index (κ2) is 5.21. The molecule has 1 aliphatic rings. The molecule has 1 N–H and O–H groups in total. The molecule has 0 bridgehead atoms. The van der Waals surface area contributed by atoms with Gasteiger partial charge in [0.2, 0.25) is 0 Å². The highest BCUT2D eigenvalue weighted by Crippen LogP contribution is 2.21. The van der Waals surface area contributed by atoms with Gasteiger partial charge in [-0.3, -0.25) is 0 Å². The summed E-state index contributed by atoms with van der Waals surface area (Å²) >= 11 is 1.77. The van der Waals surface area contributed by atoms with Crippen LogP contribution >= 0.6 is 11.3 Å². The van der Waals surface area contributed by atoms with Crippen LogP contribution in [0.5, 0.6) is 0 Å². The Balaban J connectivity index is 1.48. The number of hydrogen-bond donors (Lipinski definition) is 1. The average Bonchev–Trinajstić information content (AvgIpc) is 2.95. The molecule has 0 radical (unpaired) electrons. The van der Waals surface area contributed by atoms with Gasteiger partial charge in [0.1, 0.15) is 0 Å². The second-order valence-electron chi connectivity index (χ2n) is 4.96. The number of rotatable bonds is 4. The smallest absolute Gasteiger partial charge is 0.0940 e. The zero-order valence-electron chi connectivity index (χ0n) is 10.6. The van der Waals surface area contributed by atoms with E-state index in [4.69, 9.17) is 0 Å². The van der Waals surface area contributed by atoms with Crippen LogP contribution in [-0.4, -0.2) is 17.6 Å². The number of hydrogen-bond acceptors (Lipinski definition) is 3. The standard InChI is InChI=1S/C15H18N2S/c1-11-10-18-15(17-11)6-7-16-14-8-12-4-2-3-5-13(12)9-14/h2-5,10,14,16H,6-9H2,1H3. The molecule has 3 rings (SSSR count). The molecule has 0 saturated heterocycles. The Kier molecular flexibility index (Phi) is 3.43. The van der Waals surface area contributed by atoms with Crippen molar-refractivity contribution in [2.45, 2.75) is 32.2 Å². The summed E-state index contributed by atoms with van der Waals surface area (Å²) in [6, 6.07) is 9.39. The van der Waals surface area contributed by atoms with Crippen molar-refractivity contribution >= 4 is 11.3 Å². The lowest BCUT2D eigenvalue weighted by atomic mass is 10.1. The van der Waals surface area contributed by atoms with E-state index in [1.54, 1.807) is 11.3 Å². The normalized spacial score (nSPS) is 14.9. The van der Waals surface area contributed by atoms with Gasteiger partial charge in [-0.25, -0.2) is 4.98 Å². The molecule has 0 fully saturated rings. The first-order valence-corrected chi connectivity index (χ1v) is 7.40. The summed E-state index contributed by atoms with van der Waals surface area (Å²) in [5, 5.41) is 7.02. The molecule has 1 aliphatic carbocycles. The summed E-state index contributed by atoms with van der Waals surface area (Å²) in [6.07, 6.45) is 3.39. The van der Waals surface area contributed by atoms with Crippen LogP contribution in [-0.2, 0) is 19.3 Å². The van der Waals surface area contributed by atoms with Crippen LogP contribution < -0.4 is 5.32 Å². The van der Waals surface area contributed by atoms with E-state index in [0.717, 1.165) is 18.7 Å². The van der Waals surface area contributed by atoms with E-state index in [1.165, 1.54) is 29.0 Å². The van der Waals surface area contributed by atoms with Crippen molar-refractivity contribution in [1.29, 1.82) is 0 Å². The van der Waals surface area contributed by atoms with E-state index in [-0.39, 0.29) is 0 Å². The third-order valence-corrected chi connectivity index (χ3v) is 4.52. The average molecular weight is 258 g/mol. The first kappa shape index (κ1) is 11.9. The number of aromatic nitrogens is 1. The van der Waals surface area contributed by atoms with Gasteiger partial charge in [-0.05, 0) is 30.9 Å². The summed E-state index contributed by atoms with van der Waals surface area (Å²) in [4.78, 5) is 4.49. The monoisotopic (exact) mass is 258 g/mol. The maximum atomic E-state index is 4.49. The SMILES string of the molecule is Cc1csc(CCNC2Cc3ccccc3C2)n1. The molecule has 3 heteroatoms. The van der Waals surface area contributed by atoms with Crippen molar-refractivity contribution in [3.05, 3.63) is 51.5 Å². The minimum Gasteiger partial charge on any atom is -0.313 e. The lowest BCUT2D eigenvalue weighted by molar-refractivity contribution is 0.536. The molecule has 2 aromatic rings. The van der Waals surface area contributed by atoms with Crippen LogP contribution in [0.3, 0.4) is 0 Å². The third-order valence-electron chi connectivity index (χ3n) is 3.49. The van der Waals surface area contributed by atoms with Crippen molar-refractivity contribution < 1.29 is 0 Å². The highest BCUT2D eigenvalue weighted by molar-refractivity contribution is 7.09. The van der Waals surface area contributed by atoms with Crippen molar-refractivity contribution in [2.24, 2.45) is 0 Å². The predicted octanol–water partition coefficient (Wildman–Crippen LogP) is 2.75. The van der Waals surface area contributed by atoms with Crippen LogP contribution in [0, 0.1) is 6.92 Å². The lowest BCUT2D eigenvalue weighted by Crippen LogP contribution is -2.31. The van der Waals surface area contributed by atoms with Crippen LogP contribution in [0.4, 0.5) is 0 Å². The molecule has 0 amide bonds. The van der Waals surface area contributed by atoms with Gasteiger partial charge in [0.15, 0.2) is 0 Å². The summed E-state index contributed by atoms with van der Waals surface area (Å²) in [5.74, 6) is 0. The molecule has 94 valence electrons. The molecule has 1 aromatic heterocycles. The molecule has 0 spiro atoms. The fourth-order valence-electron chi connectivity index (χ4n) is 2.60. The Bertz CT molecular complexity index is 508. The number of nitrogens with one attached hydrogen (secondary N) is 1. The lowest BCUT2D eigenvalue weighted by Gasteiger charge is -2.10. The highest BCUT2D eigenvalue weighted by atomic mass is 32.1. The molecule has 0 atom stereocenters. The topological polar surface area (TPSA) is 24.9 Å². The number of aryl methyl sites for hydroxylation is 1. The Morgan fingerprint density at radius 1 is 1.28 bits per heavy atom. The van der Waals surface area contributed by atoms with Crippen LogP contribution in [0.1, 0.15) is 21.8 Å². The fraction of sp³-hybridized carbons (Fsp3) is 0.400. The van der Waals surface area contributed by atoms with Gasteiger partial charge in [0, 0.05) is 30.1 Å². The summed E-state index contributed by atoms with van der Waals surface area (Å²) in [6.45, 7) is 3.09. The number of fused-ring (bicyclic) bond motifs is 1. The van der Waals surface area contributed by atoms with Crippen molar-refractivity contribution in [1.82, 2.24) is 10.3 Å². The van der Waals surface area contributed by atoms with E-state index in [1.807, 2.05) is 0 Å². The zero-order valence-corrected chi connectivity index (χ0v) is 11.5. The van der Waals surface area contributed by atoms with Crippen LogP contribution in [0.15, 0.2) is 29.6 Å². The number of nitrogens with zero attached hydrogens (tertiary/aromatic N) is 1. The Hall–Kier alpha value is -1.19. The van der Waals surface area contributed by atoms with Crippen molar-refractivity contribution in [2.75, 3.05) is 6.54 Å². The zero-order chi connectivity index (χ0) is 12.4. The predicted molar refractivity (Wildman–Crippen MR) is 76.2 cm³/mol. The highest BCUT2D eigenvalue weighted by Gasteiger charge is 2.19. The van der Waals surface area contributed by atoms with Gasteiger partial charge in [0.25, 0.3) is 0 Å². The van der Waals surface area contributed by atoms with E-state index in [9.17, 15) is 0 Å². The summed E-state index contributed by atoms with van der Waals surface area (Å²) in [7, 11) is 0. The van der Waals surface area contributed by atoms with Crippen molar-refractivity contribution in [3.63, 3.8) is 0 Å². The van der Waals surface area contributed by atoms with E-state index in [0.29, 0.717) is 6.04 Å². The molecular formula is C15H18N2S. The Morgan fingerprint density at radius 3 is 2.61 bits per heavy atom. The first-order chi connectivity index (χ1) is 8.81. The van der Waals surface area contributed by atoms with Gasteiger partial charge < -0.3 is 5.32 Å². The summed E-state index contributed by atoms with van der Waals surface area (Å²) < 4.78 is 0. The van der Waals surface area contributed by atoms with Gasteiger partial charge in [-0.15, -0.1) is 11.3 Å². The van der Waals surface area contributed by atoms with Gasteiger partial charge in [-0.1, -0.05) is 24.3 Å². The third kappa shape index (κ3) is 2.62. The molecule has 1 heterocycles. The second-order valence-corrected chi connectivity index (χ2v) is 5.90. The molecule has 1 aromatic carbocycles. The Morgan fingerprint density at radius 2 is 2.00 bits per heavy atom. The Labute approximate surface area is 112 Å². The maximum Gasteiger partial charge on any atom is 0.0940 e. The quantitative estimate of drug-likeness (QED) is 0.912. The largest absolute Gasteiger partial charge is 0.313 e. The molecule has 2 nitrogen and oxygen atoms in total. The maximum absolute atomic E-state index is 4.49. The fourth-order valence-corrected chi connectivity index (χ4v) is 3.38. The first-order valence-electron chi connectivity index (χ1n) is 6.52. The van der Waals surface area contributed by atoms with E-state index in [2.05, 4.69) is 46.9 Å². The molecule has 0 saturated carbocycles. The minimum absolute atomic E-state index is 0.614. The van der Waals surface area contributed by atoms with Crippen LogP contribution in [0.2, 0.25) is 0 Å². The van der Waals surface area contributed by atoms with Gasteiger partial charge in [-0.2, -0.15) is 0 Å². The molecule has 18 heavy (non-hydrogen) atoms. The molecule has 0 unspecified atom stereocenters. The number of benzene rings is 1. The van der Waals surface area contributed by atoms with Gasteiger partial charge >= 0.3 is 0 Å². The van der Waals surface area contributed by atoms with Gasteiger partial charge in [0.05, 0.1) is 5.01 Å². The number of thiazole rings is 1.